The Hall–Kier alpha value is -0.940. The molecule has 1 atom stereocenters. The molecule has 1 unspecified atom stereocenters. The number of carbonyl (C=O) groups is 1. The third kappa shape index (κ3) is 3.51. The molecule has 3 nitrogen and oxygen atoms in total. The Kier molecular flexibility index (Phi) is 4.27. The molecule has 1 rings (SSSR count). The molecule has 1 aromatic carbocycles. The maximum atomic E-state index is 13.5. The molecule has 0 aliphatic carbocycles. The van der Waals surface area contributed by atoms with E-state index in [2.05, 4.69) is 0 Å². The molecule has 0 aliphatic rings. The Morgan fingerprint density at radius 3 is 2.59 bits per heavy atom. The Morgan fingerprint density at radius 2 is 2.06 bits per heavy atom. The van der Waals surface area contributed by atoms with Crippen LogP contribution in [-0.4, -0.2) is 25.7 Å². The van der Waals surface area contributed by atoms with Crippen LogP contribution in [0.15, 0.2) is 18.2 Å². The minimum atomic E-state index is -3.45. The summed E-state index contributed by atoms with van der Waals surface area (Å²) >= 11 is 5.56. The minimum absolute atomic E-state index is 0.0812. The van der Waals surface area contributed by atoms with E-state index in [4.69, 9.17) is 11.6 Å². The molecular formula is C11H12ClFO3S. The van der Waals surface area contributed by atoms with Crippen LogP contribution in [0.1, 0.15) is 12.5 Å². The summed E-state index contributed by atoms with van der Waals surface area (Å²) in [6.07, 6.45) is 0.699. The third-order valence-electron chi connectivity index (χ3n) is 2.49. The molecule has 1 aromatic rings. The average Bonchev–Trinajstić information content (AvgIpc) is 2.22. The van der Waals surface area contributed by atoms with Crippen LogP contribution in [0.3, 0.4) is 0 Å². The molecule has 0 aromatic heterocycles. The highest BCUT2D eigenvalue weighted by atomic mass is 35.5. The molecular weight excluding hydrogens is 267 g/mol. The van der Waals surface area contributed by atoms with Gasteiger partial charge in [-0.25, -0.2) is 12.8 Å². The largest absolute Gasteiger partial charge is 0.298 e. The Bertz CT molecular complexity index is 540. The molecule has 0 fully saturated rings. The quantitative estimate of drug-likeness (QED) is 0.847. The molecule has 0 radical (unpaired) electrons. The topological polar surface area (TPSA) is 51.2 Å². The molecule has 0 saturated heterocycles. The summed E-state index contributed by atoms with van der Waals surface area (Å²) in [5.41, 5.74) is 0.109. The molecule has 0 saturated carbocycles. The maximum Gasteiger partial charge on any atom is 0.157 e. The van der Waals surface area contributed by atoms with E-state index in [9.17, 15) is 17.6 Å². The predicted octanol–water partition coefficient (Wildman–Crippen LogP) is 2.02. The zero-order valence-corrected chi connectivity index (χ0v) is 11.0. The molecule has 0 heterocycles. The standard InChI is InChI=1S/C11H12ClFO3S/c1-7(17(2,15)16)10(14)6-8-4-3-5-9(12)11(8)13/h3-5,7H,6H2,1-2H3. The number of hydrogen-bond acceptors (Lipinski definition) is 3. The number of sulfone groups is 1. The smallest absolute Gasteiger partial charge is 0.157 e. The molecule has 6 heteroatoms. The maximum absolute atomic E-state index is 13.5. The van der Waals surface area contributed by atoms with Crippen LogP contribution < -0.4 is 0 Å². The SMILES string of the molecule is CC(C(=O)Cc1cccc(Cl)c1F)S(C)(=O)=O. The summed E-state index contributed by atoms with van der Waals surface area (Å²) in [4.78, 5) is 11.6. The first kappa shape index (κ1) is 14.1. The summed E-state index contributed by atoms with van der Waals surface area (Å²) in [5, 5.41) is -1.22. The summed E-state index contributed by atoms with van der Waals surface area (Å²) in [5.74, 6) is -1.23. The Balaban J connectivity index is 2.93. The summed E-state index contributed by atoms with van der Waals surface area (Å²) in [6, 6.07) is 4.29. The highest BCUT2D eigenvalue weighted by molar-refractivity contribution is 7.92. The van der Waals surface area contributed by atoms with Crippen LogP contribution in [-0.2, 0) is 21.1 Å². The number of halogens is 2. The third-order valence-corrected chi connectivity index (χ3v) is 4.33. The van der Waals surface area contributed by atoms with Crippen molar-refractivity contribution in [2.45, 2.75) is 18.6 Å². The fraction of sp³-hybridized carbons (Fsp3) is 0.364. The van der Waals surface area contributed by atoms with E-state index in [1.165, 1.54) is 25.1 Å². The van der Waals surface area contributed by atoms with Crippen molar-refractivity contribution in [1.29, 1.82) is 0 Å². The molecule has 0 N–H and O–H groups in total. The number of hydrogen-bond donors (Lipinski definition) is 0. The van der Waals surface area contributed by atoms with Gasteiger partial charge in [-0.05, 0) is 18.6 Å². The zero-order valence-electron chi connectivity index (χ0n) is 9.41. The van der Waals surface area contributed by atoms with Gasteiger partial charge in [0, 0.05) is 12.7 Å². The fourth-order valence-corrected chi connectivity index (χ4v) is 2.01. The van der Waals surface area contributed by atoms with Crippen molar-refractivity contribution in [2.24, 2.45) is 0 Å². The number of carbonyl (C=O) groups excluding carboxylic acids is 1. The number of ketones is 1. The molecule has 0 amide bonds. The lowest BCUT2D eigenvalue weighted by molar-refractivity contribution is -0.117. The monoisotopic (exact) mass is 278 g/mol. The Labute approximate surface area is 105 Å². The lowest BCUT2D eigenvalue weighted by Crippen LogP contribution is -2.27. The van der Waals surface area contributed by atoms with Gasteiger partial charge in [-0.3, -0.25) is 4.79 Å². The highest BCUT2D eigenvalue weighted by Gasteiger charge is 2.24. The van der Waals surface area contributed by atoms with Crippen LogP contribution in [0.2, 0.25) is 5.02 Å². The normalized spacial score (nSPS) is 13.4. The van der Waals surface area contributed by atoms with Gasteiger partial charge in [0.15, 0.2) is 15.6 Å². The van der Waals surface area contributed by atoms with Gasteiger partial charge in [0.2, 0.25) is 0 Å². The van der Waals surface area contributed by atoms with Gasteiger partial charge in [0.05, 0.1) is 5.02 Å². The first-order valence-electron chi connectivity index (χ1n) is 4.88. The van der Waals surface area contributed by atoms with Crippen molar-refractivity contribution < 1.29 is 17.6 Å². The second-order valence-corrected chi connectivity index (χ2v) is 6.60. The lowest BCUT2D eigenvalue weighted by atomic mass is 10.1. The highest BCUT2D eigenvalue weighted by Crippen LogP contribution is 2.19. The van der Waals surface area contributed by atoms with Crippen LogP contribution in [0.5, 0.6) is 0 Å². The van der Waals surface area contributed by atoms with Crippen molar-refractivity contribution in [3.05, 3.63) is 34.6 Å². The molecule has 94 valence electrons. The van der Waals surface area contributed by atoms with Crippen LogP contribution in [0.4, 0.5) is 4.39 Å². The average molecular weight is 279 g/mol. The number of rotatable bonds is 4. The van der Waals surface area contributed by atoms with Gasteiger partial charge in [0.1, 0.15) is 11.1 Å². The van der Waals surface area contributed by atoms with Gasteiger partial charge in [-0.15, -0.1) is 0 Å². The lowest BCUT2D eigenvalue weighted by Gasteiger charge is -2.09. The first-order valence-corrected chi connectivity index (χ1v) is 7.21. The van der Waals surface area contributed by atoms with Crippen molar-refractivity contribution >= 4 is 27.2 Å². The van der Waals surface area contributed by atoms with E-state index in [0.717, 1.165) is 6.26 Å². The second kappa shape index (κ2) is 5.14. The molecule has 0 aliphatic heterocycles. The summed E-state index contributed by atoms with van der Waals surface area (Å²) < 4.78 is 35.8. The first-order chi connectivity index (χ1) is 7.73. The fourth-order valence-electron chi connectivity index (χ4n) is 1.26. The second-order valence-electron chi connectivity index (χ2n) is 3.83. The van der Waals surface area contributed by atoms with Gasteiger partial charge in [-0.2, -0.15) is 0 Å². The van der Waals surface area contributed by atoms with E-state index < -0.39 is 26.7 Å². The molecule has 0 bridgehead atoms. The van der Waals surface area contributed by atoms with Crippen molar-refractivity contribution in [2.75, 3.05) is 6.26 Å². The summed E-state index contributed by atoms with van der Waals surface area (Å²) in [6.45, 7) is 1.29. The number of Topliss-reactive ketones (excluding diaryl/α,β-unsaturated/α-hetero) is 1. The van der Waals surface area contributed by atoms with Crippen molar-refractivity contribution in [1.82, 2.24) is 0 Å². The van der Waals surface area contributed by atoms with Crippen LogP contribution in [0.25, 0.3) is 0 Å². The van der Waals surface area contributed by atoms with Gasteiger partial charge in [0.25, 0.3) is 0 Å². The van der Waals surface area contributed by atoms with E-state index in [1.54, 1.807) is 0 Å². The Morgan fingerprint density at radius 1 is 1.47 bits per heavy atom. The van der Waals surface area contributed by atoms with E-state index >= 15 is 0 Å². The van der Waals surface area contributed by atoms with Crippen LogP contribution >= 0.6 is 11.6 Å². The minimum Gasteiger partial charge on any atom is -0.298 e. The van der Waals surface area contributed by atoms with E-state index in [0.29, 0.717) is 0 Å². The van der Waals surface area contributed by atoms with Crippen molar-refractivity contribution in [3.8, 4) is 0 Å². The van der Waals surface area contributed by atoms with Gasteiger partial charge >= 0.3 is 0 Å². The number of benzene rings is 1. The summed E-state index contributed by atoms with van der Waals surface area (Å²) in [7, 11) is -3.45. The van der Waals surface area contributed by atoms with Gasteiger partial charge in [-0.1, -0.05) is 23.7 Å². The van der Waals surface area contributed by atoms with E-state index in [-0.39, 0.29) is 17.0 Å². The predicted molar refractivity (Wildman–Crippen MR) is 64.4 cm³/mol. The van der Waals surface area contributed by atoms with Gasteiger partial charge < -0.3 is 0 Å². The molecule has 0 spiro atoms. The van der Waals surface area contributed by atoms with Crippen molar-refractivity contribution in [3.63, 3.8) is 0 Å². The zero-order chi connectivity index (χ0) is 13.2. The molecule has 17 heavy (non-hydrogen) atoms. The van der Waals surface area contributed by atoms with E-state index in [1.807, 2.05) is 0 Å². The van der Waals surface area contributed by atoms with Crippen LogP contribution in [0, 0.1) is 5.82 Å².